The average Bonchev–Trinajstić information content (AvgIpc) is 2.81. The first kappa shape index (κ1) is 14.1. The van der Waals surface area contributed by atoms with E-state index in [4.69, 9.17) is 0 Å². The number of halogens is 1. The summed E-state index contributed by atoms with van der Waals surface area (Å²) in [5.41, 5.74) is 4.56. The number of allylic oxidation sites excluding steroid dienone is 4. The lowest BCUT2D eigenvalue weighted by Gasteiger charge is -2.08. The molecule has 0 atom stereocenters. The van der Waals surface area contributed by atoms with Crippen LogP contribution in [0, 0.1) is 0 Å². The van der Waals surface area contributed by atoms with Crippen LogP contribution >= 0.6 is 15.9 Å². The van der Waals surface area contributed by atoms with Gasteiger partial charge < -0.3 is 4.57 Å². The van der Waals surface area contributed by atoms with Crippen LogP contribution in [0.1, 0.15) is 20.3 Å². The normalized spacial score (nSPS) is 12.8. The van der Waals surface area contributed by atoms with Gasteiger partial charge in [0, 0.05) is 21.8 Å². The maximum Gasteiger partial charge on any atom is 0.0963 e. The second-order valence-corrected chi connectivity index (χ2v) is 5.82. The molecule has 0 unspecified atom stereocenters. The highest BCUT2D eigenvalue weighted by atomic mass is 79.9. The number of aromatic nitrogens is 2. The van der Waals surface area contributed by atoms with Gasteiger partial charge in [-0.25, -0.2) is 0 Å². The molecule has 0 fully saturated rings. The van der Waals surface area contributed by atoms with Gasteiger partial charge in [0.25, 0.3) is 0 Å². The van der Waals surface area contributed by atoms with Crippen LogP contribution in [0.15, 0.2) is 59.2 Å². The molecule has 106 valence electrons. The van der Waals surface area contributed by atoms with Crippen molar-refractivity contribution < 1.29 is 0 Å². The number of nitrogens with zero attached hydrogens (tertiary/aromatic N) is 2. The van der Waals surface area contributed by atoms with Gasteiger partial charge >= 0.3 is 0 Å². The minimum absolute atomic E-state index is 0.998. The zero-order valence-electron chi connectivity index (χ0n) is 12.2. The van der Waals surface area contributed by atoms with Crippen molar-refractivity contribution in [1.82, 2.24) is 9.55 Å². The summed E-state index contributed by atoms with van der Waals surface area (Å²) in [4.78, 5) is 4.58. The number of benzene rings is 1. The maximum absolute atomic E-state index is 4.58. The van der Waals surface area contributed by atoms with Crippen molar-refractivity contribution in [2.24, 2.45) is 0 Å². The van der Waals surface area contributed by atoms with Gasteiger partial charge in [0.2, 0.25) is 0 Å². The highest BCUT2D eigenvalue weighted by Crippen LogP contribution is 2.32. The Balaban J connectivity index is 2.46. The van der Waals surface area contributed by atoms with Gasteiger partial charge in [-0.1, -0.05) is 35.0 Å². The van der Waals surface area contributed by atoms with E-state index >= 15 is 0 Å². The smallest absolute Gasteiger partial charge is 0.0963 e. The zero-order valence-corrected chi connectivity index (χ0v) is 13.8. The van der Waals surface area contributed by atoms with E-state index in [0.717, 1.165) is 21.9 Å². The molecule has 1 aromatic carbocycles. The van der Waals surface area contributed by atoms with E-state index in [9.17, 15) is 0 Å². The molecule has 0 aliphatic heterocycles. The van der Waals surface area contributed by atoms with Crippen molar-refractivity contribution in [3.8, 4) is 0 Å². The molecule has 2 aromatic heterocycles. The Morgan fingerprint density at radius 2 is 2.14 bits per heavy atom. The second kappa shape index (κ2) is 5.86. The third-order valence-electron chi connectivity index (χ3n) is 3.49. The minimum atomic E-state index is 0.998. The standard InChI is InChI=1S/C18H17BrN2/c1-3-6-14(7-4-2)21-16-10-9-13(19)12-15(16)18-17(21)8-5-11-20-18/h3,5-12H,4H2,1-2H3/b6-3-,14-7+. The van der Waals surface area contributed by atoms with Gasteiger partial charge in [-0.05, 0) is 49.8 Å². The van der Waals surface area contributed by atoms with Crippen LogP contribution in [-0.4, -0.2) is 9.55 Å². The number of fused-ring (bicyclic) bond motifs is 3. The van der Waals surface area contributed by atoms with Crippen LogP contribution in [0.2, 0.25) is 0 Å². The van der Waals surface area contributed by atoms with Crippen molar-refractivity contribution in [2.45, 2.75) is 20.3 Å². The molecule has 0 aliphatic rings. The zero-order chi connectivity index (χ0) is 14.8. The van der Waals surface area contributed by atoms with Crippen molar-refractivity contribution in [2.75, 3.05) is 0 Å². The Labute approximate surface area is 132 Å². The van der Waals surface area contributed by atoms with Crippen LogP contribution in [0.5, 0.6) is 0 Å². The summed E-state index contributed by atoms with van der Waals surface area (Å²) in [6, 6.07) is 10.5. The first-order valence-electron chi connectivity index (χ1n) is 7.14. The molecule has 0 saturated heterocycles. The van der Waals surface area contributed by atoms with Crippen molar-refractivity contribution in [3.63, 3.8) is 0 Å². The Bertz CT molecular complexity index is 856. The average molecular weight is 341 g/mol. The van der Waals surface area contributed by atoms with E-state index in [1.54, 1.807) is 0 Å². The van der Waals surface area contributed by atoms with Gasteiger partial charge in [0.15, 0.2) is 0 Å². The Morgan fingerprint density at radius 3 is 2.90 bits per heavy atom. The predicted molar refractivity (Wildman–Crippen MR) is 94.3 cm³/mol. The molecule has 0 aliphatic carbocycles. The lowest BCUT2D eigenvalue weighted by Crippen LogP contribution is -1.94. The largest absolute Gasteiger partial charge is 0.308 e. The molecule has 3 rings (SSSR count). The first-order valence-corrected chi connectivity index (χ1v) is 7.93. The first-order chi connectivity index (χ1) is 10.3. The fourth-order valence-electron chi connectivity index (χ4n) is 2.70. The Kier molecular flexibility index (Phi) is 3.93. The number of rotatable bonds is 3. The maximum atomic E-state index is 4.58. The van der Waals surface area contributed by atoms with Crippen molar-refractivity contribution >= 4 is 43.6 Å². The molecule has 3 aromatic rings. The topological polar surface area (TPSA) is 17.8 Å². The lowest BCUT2D eigenvalue weighted by atomic mass is 10.2. The summed E-state index contributed by atoms with van der Waals surface area (Å²) in [7, 11) is 0. The molecule has 0 N–H and O–H groups in total. The van der Waals surface area contributed by atoms with Crippen molar-refractivity contribution in [1.29, 1.82) is 0 Å². The summed E-state index contributed by atoms with van der Waals surface area (Å²) in [6.45, 7) is 4.21. The molecule has 2 nitrogen and oxygen atoms in total. The van der Waals surface area contributed by atoms with Crippen LogP contribution in [0.4, 0.5) is 0 Å². The monoisotopic (exact) mass is 340 g/mol. The molecule has 2 heterocycles. The van der Waals surface area contributed by atoms with Gasteiger partial charge in [-0.3, -0.25) is 4.98 Å². The Morgan fingerprint density at radius 1 is 1.29 bits per heavy atom. The summed E-state index contributed by atoms with van der Waals surface area (Å²) in [6.07, 6.45) is 9.32. The quantitative estimate of drug-likeness (QED) is 0.552. The minimum Gasteiger partial charge on any atom is -0.308 e. The summed E-state index contributed by atoms with van der Waals surface area (Å²) in [5, 5.41) is 1.17. The van der Waals surface area contributed by atoms with Gasteiger partial charge in [0.05, 0.1) is 16.6 Å². The van der Waals surface area contributed by atoms with Crippen LogP contribution < -0.4 is 0 Å². The van der Waals surface area contributed by atoms with E-state index < -0.39 is 0 Å². The van der Waals surface area contributed by atoms with Gasteiger partial charge in [-0.15, -0.1) is 0 Å². The van der Waals surface area contributed by atoms with E-state index in [2.05, 4.69) is 74.9 Å². The summed E-state index contributed by atoms with van der Waals surface area (Å²) < 4.78 is 3.36. The van der Waals surface area contributed by atoms with Crippen LogP contribution in [0.25, 0.3) is 27.6 Å². The highest BCUT2D eigenvalue weighted by molar-refractivity contribution is 9.10. The van der Waals surface area contributed by atoms with Gasteiger partial charge in [0.1, 0.15) is 0 Å². The summed E-state index contributed by atoms with van der Waals surface area (Å²) in [5.74, 6) is 0. The fourth-order valence-corrected chi connectivity index (χ4v) is 3.06. The molecule has 0 saturated carbocycles. The predicted octanol–water partition coefficient (Wildman–Crippen LogP) is 5.78. The molecule has 0 spiro atoms. The van der Waals surface area contributed by atoms with Crippen LogP contribution in [0.3, 0.4) is 0 Å². The number of pyridine rings is 1. The van der Waals surface area contributed by atoms with E-state index in [1.165, 1.54) is 16.6 Å². The SMILES string of the molecule is C/C=C\C(=C/CC)n1c2ccc(Br)cc2c2ncccc21. The third-order valence-corrected chi connectivity index (χ3v) is 3.98. The molecular formula is C18H17BrN2. The highest BCUT2D eigenvalue weighted by Gasteiger charge is 2.13. The lowest BCUT2D eigenvalue weighted by molar-refractivity contribution is 1.16. The van der Waals surface area contributed by atoms with E-state index in [1.807, 2.05) is 19.2 Å². The number of hydrogen-bond acceptors (Lipinski definition) is 1. The molecule has 3 heteroatoms. The fraction of sp³-hybridized carbons (Fsp3) is 0.167. The van der Waals surface area contributed by atoms with E-state index in [-0.39, 0.29) is 0 Å². The molecule has 0 amide bonds. The molecule has 21 heavy (non-hydrogen) atoms. The second-order valence-electron chi connectivity index (χ2n) is 4.91. The molecule has 0 radical (unpaired) electrons. The number of hydrogen-bond donors (Lipinski definition) is 0. The van der Waals surface area contributed by atoms with Crippen LogP contribution in [-0.2, 0) is 0 Å². The Hall–Kier alpha value is -1.87. The summed E-state index contributed by atoms with van der Waals surface area (Å²) >= 11 is 3.56. The third kappa shape index (κ3) is 2.42. The molecule has 0 bridgehead atoms. The molecular weight excluding hydrogens is 324 g/mol. The van der Waals surface area contributed by atoms with Gasteiger partial charge in [-0.2, -0.15) is 0 Å². The van der Waals surface area contributed by atoms with E-state index in [0.29, 0.717) is 0 Å². The van der Waals surface area contributed by atoms with Crippen molar-refractivity contribution in [3.05, 3.63) is 59.2 Å².